The molecule has 0 spiro atoms. The van der Waals surface area contributed by atoms with Crippen molar-refractivity contribution in [3.63, 3.8) is 0 Å². The fourth-order valence-corrected chi connectivity index (χ4v) is 2.47. The fraction of sp³-hybridized carbons (Fsp3) is 0.562. The third kappa shape index (κ3) is 4.53. The summed E-state index contributed by atoms with van der Waals surface area (Å²) in [5.74, 6) is 0.975. The summed E-state index contributed by atoms with van der Waals surface area (Å²) in [6.07, 6.45) is 5.64. The van der Waals surface area contributed by atoms with Gasteiger partial charge in [0, 0.05) is 25.1 Å². The van der Waals surface area contributed by atoms with Gasteiger partial charge in [0.25, 0.3) is 0 Å². The lowest BCUT2D eigenvalue weighted by atomic mass is 10.2. The molecule has 1 aromatic rings. The number of hydrogen-bond acceptors (Lipinski definition) is 3. The molecule has 1 aromatic carbocycles. The third-order valence-electron chi connectivity index (χ3n) is 3.65. The molecule has 4 nitrogen and oxygen atoms in total. The van der Waals surface area contributed by atoms with E-state index in [-0.39, 0.29) is 5.91 Å². The summed E-state index contributed by atoms with van der Waals surface area (Å²) in [5.41, 5.74) is 1.05. The van der Waals surface area contributed by atoms with Gasteiger partial charge in [-0.1, -0.05) is 18.2 Å². The Morgan fingerprint density at radius 3 is 2.80 bits per heavy atom. The Balaban J connectivity index is 1.88. The van der Waals surface area contributed by atoms with Crippen molar-refractivity contribution in [3.05, 3.63) is 29.8 Å². The summed E-state index contributed by atoms with van der Waals surface area (Å²) in [5, 5.41) is 5.91. The van der Waals surface area contributed by atoms with Gasteiger partial charge < -0.3 is 15.4 Å². The smallest absolute Gasteiger partial charge is 0.221 e. The summed E-state index contributed by atoms with van der Waals surface area (Å²) in [6.45, 7) is 1.23. The molecule has 0 atom stereocenters. The van der Waals surface area contributed by atoms with E-state index in [0.29, 0.717) is 25.6 Å². The van der Waals surface area contributed by atoms with E-state index in [1.165, 1.54) is 12.8 Å². The molecular weight excluding hydrogens is 252 g/mol. The molecule has 0 bridgehead atoms. The van der Waals surface area contributed by atoms with E-state index in [4.69, 9.17) is 4.74 Å². The predicted octanol–water partition coefficient (Wildman–Crippen LogP) is 2.23. The van der Waals surface area contributed by atoms with Crippen LogP contribution in [0.2, 0.25) is 0 Å². The molecule has 2 N–H and O–H groups in total. The Morgan fingerprint density at radius 2 is 2.05 bits per heavy atom. The Kier molecular flexibility index (Phi) is 5.87. The van der Waals surface area contributed by atoms with E-state index >= 15 is 0 Å². The monoisotopic (exact) mass is 276 g/mol. The van der Waals surface area contributed by atoms with Crippen LogP contribution in [0.4, 0.5) is 0 Å². The van der Waals surface area contributed by atoms with Crippen molar-refractivity contribution in [3.8, 4) is 5.75 Å². The van der Waals surface area contributed by atoms with Crippen molar-refractivity contribution in [1.82, 2.24) is 10.6 Å². The lowest BCUT2D eigenvalue weighted by Crippen LogP contribution is -2.26. The topological polar surface area (TPSA) is 50.4 Å². The normalized spacial score (nSPS) is 15.2. The average molecular weight is 276 g/mol. The van der Waals surface area contributed by atoms with Gasteiger partial charge >= 0.3 is 0 Å². The number of hydrogen-bond donors (Lipinski definition) is 2. The molecule has 0 saturated heterocycles. The molecule has 1 amide bonds. The minimum absolute atomic E-state index is 0.0648. The molecule has 1 aliphatic rings. The molecule has 1 fully saturated rings. The fourth-order valence-electron chi connectivity index (χ4n) is 2.47. The standard InChI is InChI=1S/C16H24N2O2/c1-17-11-10-16(19)18-12-13-6-2-5-9-15(13)20-14-7-3-4-8-14/h2,5-6,9,14,17H,3-4,7-8,10-12H2,1H3,(H,18,19). The molecule has 20 heavy (non-hydrogen) atoms. The Bertz CT molecular complexity index is 428. The maximum Gasteiger partial charge on any atom is 0.221 e. The molecule has 0 aliphatic heterocycles. The molecule has 0 aromatic heterocycles. The number of para-hydroxylation sites is 1. The van der Waals surface area contributed by atoms with E-state index in [0.717, 1.165) is 24.2 Å². The first-order valence-corrected chi connectivity index (χ1v) is 7.45. The third-order valence-corrected chi connectivity index (χ3v) is 3.65. The van der Waals surface area contributed by atoms with Crippen molar-refractivity contribution in [2.45, 2.75) is 44.8 Å². The van der Waals surface area contributed by atoms with Crippen molar-refractivity contribution in [2.24, 2.45) is 0 Å². The lowest BCUT2D eigenvalue weighted by Gasteiger charge is -2.16. The van der Waals surface area contributed by atoms with Gasteiger partial charge in [0.05, 0.1) is 6.10 Å². The second-order valence-electron chi connectivity index (χ2n) is 5.26. The minimum atomic E-state index is 0.0648. The van der Waals surface area contributed by atoms with Gasteiger partial charge in [0.2, 0.25) is 5.91 Å². The summed E-state index contributed by atoms with van der Waals surface area (Å²) in [6, 6.07) is 7.98. The van der Waals surface area contributed by atoms with Crippen LogP contribution in [0, 0.1) is 0 Å². The van der Waals surface area contributed by atoms with E-state index in [9.17, 15) is 4.79 Å². The van der Waals surface area contributed by atoms with Gasteiger partial charge in [-0.15, -0.1) is 0 Å². The molecule has 0 heterocycles. The second-order valence-corrected chi connectivity index (χ2v) is 5.26. The zero-order chi connectivity index (χ0) is 14.2. The van der Waals surface area contributed by atoms with Gasteiger partial charge in [-0.3, -0.25) is 4.79 Å². The number of carbonyl (C=O) groups is 1. The molecule has 1 aliphatic carbocycles. The Labute approximate surface area is 120 Å². The SMILES string of the molecule is CNCCC(=O)NCc1ccccc1OC1CCCC1. The van der Waals surface area contributed by atoms with Crippen molar-refractivity contribution in [2.75, 3.05) is 13.6 Å². The van der Waals surface area contributed by atoms with Gasteiger partial charge in [0.1, 0.15) is 5.75 Å². The Morgan fingerprint density at radius 1 is 1.30 bits per heavy atom. The van der Waals surface area contributed by atoms with Crippen LogP contribution in [0.15, 0.2) is 24.3 Å². The number of ether oxygens (including phenoxy) is 1. The van der Waals surface area contributed by atoms with Gasteiger partial charge in [-0.25, -0.2) is 0 Å². The first-order chi connectivity index (χ1) is 9.79. The minimum Gasteiger partial charge on any atom is -0.490 e. The van der Waals surface area contributed by atoms with Crippen LogP contribution in [-0.4, -0.2) is 25.6 Å². The van der Waals surface area contributed by atoms with Crippen molar-refractivity contribution >= 4 is 5.91 Å². The van der Waals surface area contributed by atoms with Crippen LogP contribution in [0.25, 0.3) is 0 Å². The van der Waals surface area contributed by atoms with Crippen LogP contribution in [0.5, 0.6) is 5.75 Å². The highest BCUT2D eigenvalue weighted by Gasteiger charge is 2.17. The summed E-state index contributed by atoms with van der Waals surface area (Å²) in [4.78, 5) is 11.6. The second kappa shape index (κ2) is 7.90. The summed E-state index contributed by atoms with van der Waals surface area (Å²) >= 11 is 0. The van der Waals surface area contributed by atoms with Gasteiger partial charge in [0.15, 0.2) is 0 Å². The molecule has 2 rings (SSSR count). The van der Waals surface area contributed by atoms with E-state index in [2.05, 4.69) is 10.6 Å². The molecular formula is C16H24N2O2. The number of carbonyl (C=O) groups excluding carboxylic acids is 1. The van der Waals surface area contributed by atoms with E-state index < -0.39 is 0 Å². The quantitative estimate of drug-likeness (QED) is 0.803. The summed E-state index contributed by atoms with van der Waals surface area (Å²) < 4.78 is 6.06. The molecule has 0 unspecified atom stereocenters. The van der Waals surface area contributed by atoms with Crippen LogP contribution in [-0.2, 0) is 11.3 Å². The highest BCUT2D eigenvalue weighted by Crippen LogP contribution is 2.26. The highest BCUT2D eigenvalue weighted by molar-refractivity contribution is 5.76. The number of benzene rings is 1. The first-order valence-electron chi connectivity index (χ1n) is 7.45. The first kappa shape index (κ1) is 14.9. The van der Waals surface area contributed by atoms with Gasteiger partial charge in [-0.2, -0.15) is 0 Å². The van der Waals surface area contributed by atoms with Crippen molar-refractivity contribution in [1.29, 1.82) is 0 Å². The largest absolute Gasteiger partial charge is 0.490 e. The highest BCUT2D eigenvalue weighted by atomic mass is 16.5. The lowest BCUT2D eigenvalue weighted by molar-refractivity contribution is -0.121. The molecule has 110 valence electrons. The number of amides is 1. The zero-order valence-electron chi connectivity index (χ0n) is 12.2. The van der Waals surface area contributed by atoms with E-state index in [1.54, 1.807) is 0 Å². The molecule has 1 saturated carbocycles. The average Bonchev–Trinajstić information content (AvgIpc) is 2.97. The Hall–Kier alpha value is -1.55. The van der Waals surface area contributed by atoms with Crippen LogP contribution < -0.4 is 15.4 Å². The maximum absolute atomic E-state index is 11.6. The van der Waals surface area contributed by atoms with Crippen molar-refractivity contribution < 1.29 is 9.53 Å². The summed E-state index contributed by atoms with van der Waals surface area (Å²) in [7, 11) is 1.85. The van der Waals surface area contributed by atoms with Gasteiger partial charge in [-0.05, 0) is 38.8 Å². The number of rotatable bonds is 7. The van der Waals surface area contributed by atoms with Crippen LogP contribution >= 0.6 is 0 Å². The molecule has 4 heteroatoms. The predicted molar refractivity (Wildman–Crippen MR) is 79.7 cm³/mol. The van der Waals surface area contributed by atoms with Crippen LogP contribution in [0.3, 0.4) is 0 Å². The number of nitrogens with one attached hydrogen (secondary N) is 2. The molecule has 0 radical (unpaired) electrons. The maximum atomic E-state index is 11.6. The van der Waals surface area contributed by atoms with Crippen LogP contribution in [0.1, 0.15) is 37.7 Å². The van der Waals surface area contributed by atoms with E-state index in [1.807, 2.05) is 31.3 Å². The zero-order valence-corrected chi connectivity index (χ0v) is 12.2.